The van der Waals surface area contributed by atoms with E-state index >= 15 is 0 Å². The highest BCUT2D eigenvalue weighted by molar-refractivity contribution is 9.10. The third kappa shape index (κ3) is 3.04. The molecule has 76 valence electrons. The molecular formula is C11H7Br2NO. The molecule has 0 bridgehead atoms. The molecule has 0 radical (unpaired) electrons. The van der Waals surface area contributed by atoms with E-state index in [1.807, 2.05) is 30.3 Å². The molecule has 0 aliphatic heterocycles. The number of nitrogens with zero attached hydrogens (tertiary/aromatic N) is 1. The van der Waals surface area contributed by atoms with Gasteiger partial charge in [-0.2, -0.15) is 0 Å². The van der Waals surface area contributed by atoms with Crippen LogP contribution in [0.4, 0.5) is 0 Å². The van der Waals surface area contributed by atoms with Gasteiger partial charge in [0, 0.05) is 15.1 Å². The van der Waals surface area contributed by atoms with E-state index in [0.717, 1.165) is 14.7 Å². The van der Waals surface area contributed by atoms with Crippen LogP contribution in [0.5, 0.6) is 11.5 Å². The van der Waals surface area contributed by atoms with Gasteiger partial charge in [0.15, 0.2) is 0 Å². The van der Waals surface area contributed by atoms with E-state index in [1.165, 1.54) is 0 Å². The van der Waals surface area contributed by atoms with Gasteiger partial charge in [-0.05, 0) is 46.3 Å². The molecule has 0 amide bonds. The summed E-state index contributed by atoms with van der Waals surface area (Å²) < 4.78 is 7.53. The quantitative estimate of drug-likeness (QED) is 0.815. The van der Waals surface area contributed by atoms with Crippen molar-refractivity contribution in [1.29, 1.82) is 0 Å². The summed E-state index contributed by atoms with van der Waals surface area (Å²) in [6.07, 6.45) is 3.39. The summed E-state index contributed by atoms with van der Waals surface area (Å²) in [4.78, 5) is 4.02. The molecule has 0 saturated heterocycles. The maximum absolute atomic E-state index is 5.60. The van der Waals surface area contributed by atoms with Gasteiger partial charge in [0.1, 0.15) is 11.5 Å². The Balaban J connectivity index is 2.18. The van der Waals surface area contributed by atoms with Crippen LogP contribution in [0.2, 0.25) is 0 Å². The number of ether oxygens (including phenoxy) is 1. The van der Waals surface area contributed by atoms with Crippen LogP contribution < -0.4 is 4.74 Å². The maximum Gasteiger partial charge on any atom is 0.146 e. The van der Waals surface area contributed by atoms with Gasteiger partial charge in [-0.1, -0.05) is 15.9 Å². The topological polar surface area (TPSA) is 22.1 Å². The molecule has 1 heterocycles. The normalized spacial score (nSPS) is 10.0. The summed E-state index contributed by atoms with van der Waals surface area (Å²) in [7, 11) is 0. The Bertz CT molecular complexity index is 456. The largest absolute Gasteiger partial charge is 0.456 e. The van der Waals surface area contributed by atoms with E-state index in [1.54, 1.807) is 12.4 Å². The SMILES string of the molecule is Brc1ccc(Oc2cncc(Br)c2)cc1. The van der Waals surface area contributed by atoms with Crippen molar-refractivity contribution < 1.29 is 4.74 Å². The van der Waals surface area contributed by atoms with Crippen LogP contribution in [-0.4, -0.2) is 4.98 Å². The van der Waals surface area contributed by atoms with Gasteiger partial charge in [0.25, 0.3) is 0 Å². The smallest absolute Gasteiger partial charge is 0.146 e. The molecule has 0 fully saturated rings. The second-order valence-corrected chi connectivity index (χ2v) is 4.73. The first kappa shape index (κ1) is 10.6. The Morgan fingerprint density at radius 2 is 1.60 bits per heavy atom. The van der Waals surface area contributed by atoms with Crippen LogP contribution in [0.1, 0.15) is 0 Å². The molecule has 2 aromatic rings. The maximum atomic E-state index is 5.60. The van der Waals surface area contributed by atoms with Gasteiger partial charge in [-0.15, -0.1) is 0 Å². The van der Waals surface area contributed by atoms with Crippen molar-refractivity contribution >= 4 is 31.9 Å². The van der Waals surface area contributed by atoms with E-state index in [4.69, 9.17) is 4.74 Å². The van der Waals surface area contributed by atoms with Crippen LogP contribution in [0.3, 0.4) is 0 Å². The monoisotopic (exact) mass is 327 g/mol. The van der Waals surface area contributed by atoms with Crippen molar-refractivity contribution in [1.82, 2.24) is 4.98 Å². The fourth-order valence-corrected chi connectivity index (χ4v) is 1.70. The van der Waals surface area contributed by atoms with Crippen LogP contribution >= 0.6 is 31.9 Å². The number of benzene rings is 1. The fraction of sp³-hybridized carbons (Fsp3) is 0. The minimum atomic E-state index is 0.715. The van der Waals surface area contributed by atoms with Crippen LogP contribution in [0.15, 0.2) is 51.7 Å². The molecular weight excluding hydrogens is 322 g/mol. The zero-order chi connectivity index (χ0) is 10.7. The number of halogens is 2. The summed E-state index contributed by atoms with van der Waals surface area (Å²) in [6.45, 7) is 0. The molecule has 0 spiro atoms. The van der Waals surface area contributed by atoms with E-state index in [2.05, 4.69) is 36.8 Å². The Morgan fingerprint density at radius 3 is 2.27 bits per heavy atom. The highest BCUT2D eigenvalue weighted by Gasteiger charge is 1.98. The van der Waals surface area contributed by atoms with Crippen molar-refractivity contribution in [3.63, 3.8) is 0 Å². The lowest BCUT2D eigenvalue weighted by Gasteiger charge is -2.04. The Hall–Kier alpha value is -0.870. The summed E-state index contributed by atoms with van der Waals surface area (Å²) >= 11 is 6.70. The highest BCUT2D eigenvalue weighted by Crippen LogP contribution is 2.24. The highest BCUT2D eigenvalue weighted by atomic mass is 79.9. The molecule has 0 unspecified atom stereocenters. The van der Waals surface area contributed by atoms with Crippen molar-refractivity contribution in [2.75, 3.05) is 0 Å². The molecule has 2 rings (SSSR count). The van der Waals surface area contributed by atoms with E-state index in [-0.39, 0.29) is 0 Å². The van der Waals surface area contributed by atoms with Crippen molar-refractivity contribution in [2.45, 2.75) is 0 Å². The number of rotatable bonds is 2. The van der Waals surface area contributed by atoms with Crippen LogP contribution in [-0.2, 0) is 0 Å². The van der Waals surface area contributed by atoms with Gasteiger partial charge in [0.05, 0.1) is 6.20 Å². The number of aromatic nitrogens is 1. The van der Waals surface area contributed by atoms with Gasteiger partial charge in [-0.25, -0.2) is 0 Å². The van der Waals surface area contributed by atoms with Crippen LogP contribution in [0, 0.1) is 0 Å². The molecule has 0 N–H and O–H groups in total. The standard InChI is InChI=1S/C11H7Br2NO/c12-8-1-3-10(4-2-8)15-11-5-9(13)6-14-7-11/h1-7H. The fourth-order valence-electron chi connectivity index (χ4n) is 1.09. The third-order valence-electron chi connectivity index (χ3n) is 1.73. The molecule has 1 aromatic carbocycles. The predicted octanol–water partition coefficient (Wildman–Crippen LogP) is 4.40. The molecule has 2 nitrogen and oxygen atoms in total. The molecule has 4 heteroatoms. The van der Waals surface area contributed by atoms with E-state index < -0.39 is 0 Å². The first-order chi connectivity index (χ1) is 7.24. The van der Waals surface area contributed by atoms with Crippen molar-refractivity contribution in [3.05, 3.63) is 51.7 Å². The Labute approximate surface area is 105 Å². The van der Waals surface area contributed by atoms with Gasteiger partial charge in [0.2, 0.25) is 0 Å². The lowest BCUT2D eigenvalue weighted by Crippen LogP contribution is -1.84. The number of hydrogen-bond donors (Lipinski definition) is 0. The molecule has 0 aliphatic rings. The first-order valence-corrected chi connectivity index (χ1v) is 5.86. The third-order valence-corrected chi connectivity index (χ3v) is 2.69. The zero-order valence-electron chi connectivity index (χ0n) is 7.65. The molecule has 15 heavy (non-hydrogen) atoms. The van der Waals surface area contributed by atoms with Crippen LogP contribution in [0.25, 0.3) is 0 Å². The lowest BCUT2D eigenvalue weighted by atomic mass is 10.3. The number of hydrogen-bond acceptors (Lipinski definition) is 2. The summed E-state index contributed by atoms with van der Waals surface area (Å²) in [5, 5.41) is 0. The summed E-state index contributed by atoms with van der Waals surface area (Å²) in [5.74, 6) is 1.50. The van der Waals surface area contributed by atoms with Crippen molar-refractivity contribution in [3.8, 4) is 11.5 Å². The van der Waals surface area contributed by atoms with Gasteiger partial charge < -0.3 is 4.74 Å². The molecule has 0 atom stereocenters. The average Bonchev–Trinajstić information content (AvgIpc) is 2.22. The minimum absolute atomic E-state index is 0.715. The summed E-state index contributed by atoms with van der Waals surface area (Å²) in [5.41, 5.74) is 0. The second-order valence-electron chi connectivity index (χ2n) is 2.89. The lowest BCUT2D eigenvalue weighted by molar-refractivity contribution is 0.480. The second kappa shape index (κ2) is 4.77. The van der Waals surface area contributed by atoms with E-state index in [0.29, 0.717) is 5.75 Å². The van der Waals surface area contributed by atoms with E-state index in [9.17, 15) is 0 Å². The zero-order valence-corrected chi connectivity index (χ0v) is 10.8. The molecule has 0 aliphatic carbocycles. The van der Waals surface area contributed by atoms with Gasteiger partial charge in [-0.3, -0.25) is 4.98 Å². The first-order valence-electron chi connectivity index (χ1n) is 4.28. The minimum Gasteiger partial charge on any atom is -0.456 e. The Morgan fingerprint density at radius 1 is 0.867 bits per heavy atom. The predicted molar refractivity (Wildman–Crippen MR) is 66.2 cm³/mol. The van der Waals surface area contributed by atoms with Gasteiger partial charge >= 0.3 is 0 Å². The number of pyridine rings is 1. The molecule has 1 aromatic heterocycles. The molecule has 0 saturated carbocycles. The van der Waals surface area contributed by atoms with Crippen molar-refractivity contribution in [2.24, 2.45) is 0 Å². The summed E-state index contributed by atoms with van der Waals surface area (Å²) in [6, 6.07) is 9.52. The Kier molecular flexibility index (Phi) is 3.38. The average molecular weight is 329 g/mol.